The number of halogens is 1. The van der Waals surface area contributed by atoms with Crippen LogP contribution in [0, 0.1) is 11.3 Å². The summed E-state index contributed by atoms with van der Waals surface area (Å²) in [7, 11) is 0. The number of aliphatic hydroxyl groups excluding tert-OH is 1. The number of hydrogen-bond donors (Lipinski definition) is 20. The normalized spacial score (nSPS) is 15.1. The predicted molar refractivity (Wildman–Crippen MR) is 409 cm³/mol. The van der Waals surface area contributed by atoms with Gasteiger partial charge in [-0.15, -0.1) is 0 Å². The van der Waals surface area contributed by atoms with Gasteiger partial charge in [-0.1, -0.05) is 98.2 Å². The molecule has 14 amide bonds. The molecule has 1 aliphatic heterocycles. The van der Waals surface area contributed by atoms with Gasteiger partial charge in [0.15, 0.2) is 5.96 Å². The topological polar surface area (TPSA) is 568 Å². The van der Waals surface area contributed by atoms with E-state index in [0.29, 0.717) is 33.7 Å². The van der Waals surface area contributed by atoms with Crippen molar-refractivity contribution < 1.29 is 87.5 Å². The highest BCUT2D eigenvalue weighted by Crippen LogP contribution is 2.23. The Bertz CT molecular complexity index is 4120. The van der Waals surface area contributed by atoms with Crippen molar-refractivity contribution in [2.45, 2.75) is 171 Å². The number of rotatable bonds is 43. The number of aromatic nitrogens is 1. The zero-order chi connectivity index (χ0) is 82.1. The number of primary amides is 1. The summed E-state index contributed by atoms with van der Waals surface area (Å²) in [6.45, 7) is 4.20. The molecule has 1 aliphatic rings. The lowest BCUT2D eigenvalue weighted by Gasteiger charge is -2.31. The van der Waals surface area contributed by atoms with Crippen molar-refractivity contribution in [3.8, 4) is 5.75 Å². The maximum absolute atomic E-state index is 15.1. The zero-order valence-electron chi connectivity index (χ0n) is 62.4. The summed E-state index contributed by atoms with van der Waals surface area (Å²) >= 11 is 6.24. The SMILES string of the molecule is CC(=O)N[C@H](Cc1ccc2ccccc2c1)C(=O)N[C@H](Cc1ccc(Cl)cc1)C(=O)N[C@H](Cc1cccnc1)C(=O)N[C@@H](CO)C(=O)N[C@@H](Cc1ccc(O)cc1)C(=O)N[C@H](CCCCNC(=O)C(CNC(=O)O)NC(=O)O)C(=O)N[C@@H](CC(C)C)C(=O)N[C@@H](CCCNC(=N)N)C(=O)N1CCC[C@H]1C(=O)N[C@H](C)C(N)=O. The van der Waals surface area contributed by atoms with Gasteiger partial charge in [0.1, 0.15) is 72.2 Å². The lowest BCUT2D eigenvalue weighted by atomic mass is 9.99. The molecule has 112 heavy (non-hydrogen) atoms. The molecule has 5 aromatic rings. The average molecular weight is 1580 g/mol. The molecule has 0 spiro atoms. The third-order valence-corrected chi connectivity index (χ3v) is 18.3. The van der Waals surface area contributed by atoms with Crippen molar-refractivity contribution in [3.63, 3.8) is 0 Å². The van der Waals surface area contributed by atoms with Crippen molar-refractivity contribution >= 4 is 111 Å². The van der Waals surface area contributed by atoms with Gasteiger partial charge in [-0.2, -0.15) is 0 Å². The number of hydrogen-bond acceptors (Lipinski definition) is 18. The number of fused-ring (bicyclic) bond motifs is 1. The smallest absolute Gasteiger partial charge is 0.405 e. The molecule has 36 nitrogen and oxygen atoms in total. The number of amides is 14. The molecule has 37 heteroatoms. The largest absolute Gasteiger partial charge is 0.508 e. The summed E-state index contributed by atoms with van der Waals surface area (Å²) in [5, 5.41) is 82.2. The predicted octanol–water partition coefficient (Wildman–Crippen LogP) is -0.764. The Morgan fingerprint density at radius 2 is 1.04 bits per heavy atom. The fourth-order valence-corrected chi connectivity index (χ4v) is 12.4. The Morgan fingerprint density at radius 1 is 0.527 bits per heavy atom. The quantitative estimate of drug-likeness (QED) is 0.0129. The molecular weight excluding hydrogens is 1480 g/mol. The number of nitrogens with zero attached hydrogens (tertiary/aromatic N) is 2. The number of unbranched alkanes of at least 4 members (excludes halogenated alkanes) is 1. The highest BCUT2D eigenvalue weighted by Gasteiger charge is 2.41. The number of phenols is 1. The van der Waals surface area contributed by atoms with Crippen LogP contribution in [0.15, 0.2) is 116 Å². The number of benzene rings is 4. The van der Waals surface area contributed by atoms with Crippen molar-refractivity contribution in [1.29, 1.82) is 5.41 Å². The van der Waals surface area contributed by atoms with E-state index < -0.39 is 169 Å². The number of carbonyl (C=O) groups excluding carboxylic acids is 12. The second kappa shape index (κ2) is 44.4. The van der Waals surface area contributed by atoms with Crippen molar-refractivity contribution in [2.24, 2.45) is 17.4 Å². The molecule has 2 heterocycles. The molecule has 22 N–H and O–H groups in total. The summed E-state index contributed by atoms with van der Waals surface area (Å²) in [6, 6.07) is 11.8. The lowest BCUT2D eigenvalue weighted by Crippen LogP contribution is -2.61. The van der Waals surface area contributed by atoms with Crippen LogP contribution in [0.3, 0.4) is 0 Å². The maximum Gasteiger partial charge on any atom is 0.405 e. The third kappa shape index (κ3) is 29.6. The van der Waals surface area contributed by atoms with Crippen LogP contribution >= 0.6 is 11.6 Å². The first kappa shape index (κ1) is 88.7. The first-order chi connectivity index (χ1) is 53.3. The average Bonchev–Trinajstić information content (AvgIpc) is 1.79. The van der Waals surface area contributed by atoms with Crippen molar-refractivity contribution in [3.05, 3.63) is 143 Å². The number of guanidine groups is 1. The highest BCUT2D eigenvalue weighted by molar-refractivity contribution is 6.30. The zero-order valence-corrected chi connectivity index (χ0v) is 63.1. The third-order valence-electron chi connectivity index (χ3n) is 18.0. The van der Waals surface area contributed by atoms with E-state index in [2.05, 4.69) is 63.5 Å². The van der Waals surface area contributed by atoms with Crippen LogP contribution in [-0.2, 0) is 83.2 Å². The number of nitrogens with one attached hydrogen (secondary N) is 14. The van der Waals surface area contributed by atoms with Crippen LogP contribution in [0.25, 0.3) is 10.8 Å². The standard InChI is InChI=1S/C75H99ClN18O18/c1-41(2)32-54(65(101)87-53(16-10-30-82-73(78)79)72(108)94-31-11-17-61(94)71(107)84-42(3)62(77)98)88-64(100)52(15-7-8-29-81-63(99)59(93-75(111)112)39-83-74(109)110)86-67(103)56(35-45-21-26-51(97)27-22-45)91-70(106)60(40-95)92-69(105)58(37-47-12-9-28-80-38-47)90-68(104)57(34-44-19-24-50(76)25-20-44)89-66(102)55(85-43(4)96)36-46-18-23-48-13-5-6-14-49(48)33-46/h5-6,9,12-14,18-28,33,38,41-42,52-61,83,93,95,97H,7-8,10-11,15-17,29-32,34-37,39-40H2,1-4H3,(H2,77,98)(H,81,99)(H,84,107)(H,85,96)(H,86,103)(H,87,101)(H,88,100)(H,89,102)(H,90,104)(H,91,106)(H,92,105)(H,109,110)(H,111,112)(H4,78,79,82)/t42-,52-,53+,54+,55-,56+,57-,58-,59?,60+,61+/m1/s1. The number of aromatic hydroxyl groups is 1. The fraction of sp³-hybridized carbons (Fsp3) is 0.440. The summed E-state index contributed by atoms with van der Waals surface area (Å²) < 4.78 is 0. The van der Waals surface area contributed by atoms with E-state index in [4.69, 9.17) is 33.6 Å². The van der Waals surface area contributed by atoms with Crippen molar-refractivity contribution in [2.75, 3.05) is 32.8 Å². The van der Waals surface area contributed by atoms with Crippen molar-refractivity contribution in [1.82, 2.24) is 79.0 Å². The molecule has 0 aliphatic carbocycles. The molecule has 1 unspecified atom stereocenters. The van der Waals surface area contributed by atoms with Gasteiger partial charge in [-0.05, 0) is 128 Å². The number of carboxylic acid groups (broad SMARTS) is 2. The molecule has 0 saturated carbocycles. The van der Waals surface area contributed by atoms with Gasteiger partial charge in [0.25, 0.3) is 0 Å². The molecule has 1 saturated heterocycles. The lowest BCUT2D eigenvalue weighted by molar-refractivity contribution is -0.142. The minimum atomic E-state index is -1.91. The Hall–Kier alpha value is -12.2. The summed E-state index contributed by atoms with van der Waals surface area (Å²) in [5.41, 5.74) is 12.8. The first-order valence-corrected chi connectivity index (χ1v) is 36.8. The molecule has 1 aromatic heterocycles. The van der Waals surface area contributed by atoms with Gasteiger partial charge in [0, 0.05) is 69.7 Å². The highest BCUT2D eigenvalue weighted by atomic mass is 35.5. The van der Waals surface area contributed by atoms with Crippen LogP contribution in [0.1, 0.15) is 101 Å². The fourth-order valence-electron chi connectivity index (χ4n) is 12.3. The first-order valence-electron chi connectivity index (χ1n) is 36.4. The second-order valence-electron chi connectivity index (χ2n) is 27.4. The van der Waals surface area contributed by atoms with E-state index in [9.17, 15) is 72.9 Å². The number of phenolic OH excluding ortho intramolecular Hbond substituents is 1. The van der Waals surface area contributed by atoms with E-state index >= 15 is 9.59 Å². The Morgan fingerprint density at radius 3 is 1.60 bits per heavy atom. The molecule has 6 rings (SSSR count). The van der Waals surface area contributed by atoms with E-state index in [-0.39, 0.29) is 101 Å². The molecule has 0 radical (unpaired) electrons. The number of carbonyl (C=O) groups is 14. The van der Waals surface area contributed by atoms with E-state index in [1.165, 1.54) is 55.4 Å². The number of likely N-dealkylation sites (tertiary alicyclic amines) is 1. The van der Waals surface area contributed by atoms with Gasteiger partial charge in [-0.25, -0.2) is 9.59 Å². The summed E-state index contributed by atoms with van der Waals surface area (Å²) in [4.78, 5) is 198. The summed E-state index contributed by atoms with van der Waals surface area (Å²) in [6.07, 6.45) is -1.03. The van der Waals surface area contributed by atoms with Crippen LogP contribution < -0.4 is 80.6 Å². The van der Waals surface area contributed by atoms with Gasteiger partial charge in [-0.3, -0.25) is 67.9 Å². The Balaban J connectivity index is 1.30. The van der Waals surface area contributed by atoms with E-state index in [1.807, 2.05) is 47.0 Å². The van der Waals surface area contributed by atoms with E-state index in [0.717, 1.165) is 10.8 Å². The molecular formula is C75H99ClN18O18. The molecule has 0 bridgehead atoms. The monoisotopic (exact) mass is 1570 g/mol. The molecule has 604 valence electrons. The Kier molecular flexibility index (Phi) is 35.2. The van der Waals surface area contributed by atoms with Crippen LogP contribution in [0.2, 0.25) is 5.02 Å². The number of aliphatic hydroxyl groups is 1. The van der Waals surface area contributed by atoms with Crippen LogP contribution in [-0.4, -0.2) is 219 Å². The van der Waals surface area contributed by atoms with Crippen LogP contribution in [0.5, 0.6) is 5.75 Å². The second-order valence-corrected chi connectivity index (χ2v) is 27.9. The summed E-state index contributed by atoms with van der Waals surface area (Å²) in [5.74, 6) is -11.5. The minimum Gasteiger partial charge on any atom is -0.508 e. The number of nitrogens with two attached hydrogens (primary N) is 2. The minimum absolute atomic E-state index is 0.000771. The van der Waals surface area contributed by atoms with Gasteiger partial charge >= 0.3 is 12.2 Å². The van der Waals surface area contributed by atoms with Crippen LogP contribution in [0.4, 0.5) is 9.59 Å². The maximum atomic E-state index is 15.1. The number of pyridine rings is 1. The molecule has 4 aromatic carbocycles. The molecule has 11 atom stereocenters. The van der Waals surface area contributed by atoms with E-state index in [1.54, 1.807) is 56.3 Å². The van der Waals surface area contributed by atoms with Gasteiger partial charge < -0.3 is 106 Å². The Labute approximate surface area is 650 Å². The van der Waals surface area contributed by atoms with Gasteiger partial charge in [0.05, 0.1) is 13.2 Å². The van der Waals surface area contributed by atoms with Gasteiger partial charge in [0.2, 0.25) is 70.9 Å². The molecule has 1 fully saturated rings.